The molecule has 0 spiro atoms. The van der Waals surface area contributed by atoms with Crippen LogP contribution in [0, 0.1) is 0 Å². The van der Waals surface area contributed by atoms with E-state index in [9.17, 15) is 0 Å². The van der Waals surface area contributed by atoms with E-state index in [1.54, 1.807) is 24.8 Å². The van der Waals surface area contributed by atoms with E-state index in [0.717, 1.165) is 0 Å². The van der Waals surface area contributed by atoms with Gasteiger partial charge in [-0.05, 0) is 12.1 Å². The van der Waals surface area contributed by atoms with Crippen molar-refractivity contribution in [2.45, 2.75) is 0 Å². The number of nitrogens with one attached hydrogen (secondary N) is 2. The standard InChI is InChI=1S/2C3H4N2/c2*1-2-4-5-3-1/h2*1-3H,(H,4,5). The van der Waals surface area contributed by atoms with Gasteiger partial charge >= 0.3 is 0 Å². The number of rotatable bonds is 0. The van der Waals surface area contributed by atoms with Crippen LogP contribution in [0.3, 0.4) is 0 Å². The molecule has 0 radical (unpaired) electrons. The van der Waals surface area contributed by atoms with E-state index in [1.807, 2.05) is 12.1 Å². The van der Waals surface area contributed by atoms with Crippen LogP contribution < -0.4 is 0 Å². The summed E-state index contributed by atoms with van der Waals surface area (Å²) in [6, 6.07) is 3.67. The second kappa shape index (κ2) is 4.31. The molecule has 0 aliphatic rings. The lowest BCUT2D eigenvalue weighted by Crippen LogP contribution is -1.53. The smallest absolute Gasteiger partial charge is 0.0487 e. The molecule has 2 N–H and O–H groups in total. The van der Waals surface area contributed by atoms with Crippen molar-refractivity contribution in [1.82, 2.24) is 20.4 Å². The molecule has 2 rings (SSSR count). The Hall–Kier alpha value is -1.58. The van der Waals surface area contributed by atoms with Crippen LogP contribution >= 0.6 is 0 Å². The van der Waals surface area contributed by atoms with Gasteiger partial charge < -0.3 is 0 Å². The zero-order valence-corrected chi connectivity index (χ0v) is 5.36. The van der Waals surface area contributed by atoms with Crippen LogP contribution in [0.15, 0.2) is 36.9 Å². The molecule has 52 valence electrons. The van der Waals surface area contributed by atoms with E-state index < -0.39 is 0 Å². The van der Waals surface area contributed by atoms with Crippen LogP contribution in [0.4, 0.5) is 0 Å². The molecular formula is C6H8N4. The second-order valence-electron chi connectivity index (χ2n) is 1.53. The van der Waals surface area contributed by atoms with E-state index in [2.05, 4.69) is 20.4 Å². The SMILES string of the molecule is c1cn[nH]c1.c1cn[nH]c1. The van der Waals surface area contributed by atoms with Crippen molar-refractivity contribution < 1.29 is 0 Å². The molecule has 0 saturated carbocycles. The average Bonchev–Trinajstić information content (AvgIpc) is 2.67. The highest BCUT2D eigenvalue weighted by Crippen LogP contribution is 1.65. The molecule has 0 aliphatic heterocycles. The zero-order chi connectivity index (χ0) is 7.07. The third-order valence-corrected chi connectivity index (χ3v) is 0.812. The monoisotopic (exact) mass is 136 g/mol. The van der Waals surface area contributed by atoms with Crippen LogP contribution in [-0.4, -0.2) is 20.4 Å². The van der Waals surface area contributed by atoms with Crippen molar-refractivity contribution >= 4 is 0 Å². The molecule has 2 heterocycles. The summed E-state index contributed by atoms with van der Waals surface area (Å²) in [7, 11) is 0. The molecule has 0 aliphatic carbocycles. The number of aromatic nitrogens is 4. The molecular weight excluding hydrogens is 128 g/mol. The second-order valence-corrected chi connectivity index (χ2v) is 1.53. The first-order chi connectivity index (χ1) is 5.00. The fourth-order valence-electron chi connectivity index (χ4n) is 0.430. The van der Waals surface area contributed by atoms with E-state index in [4.69, 9.17) is 0 Å². The predicted octanol–water partition coefficient (Wildman–Crippen LogP) is 0.819. The normalized spacial score (nSPS) is 8.00. The maximum absolute atomic E-state index is 3.60. The Labute approximate surface area is 58.3 Å². The van der Waals surface area contributed by atoms with Gasteiger partial charge in [0.1, 0.15) is 0 Å². The number of hydrogen-bond donors (Lipinski definition) is 2. The van der Waals surface area contributed by atoms with Crippen molar-refractivity contribution in [3.05, 3.63) is 36.9 Å². The quantitative estimate of drug-likeness (QED) is 0.563. The van der Waals surface area contributed by atoms with Gasteiger partial charge in [-0.2, -0.15) is 10.2 Å². The Kier molecular flexibility index (Phi) is 2.82. The van der Waals surface area contributed by atoms with Crippen LogP contribution in [0.25, 0.3) is 0 Å². The Morgan fingerprint density at radius 1 is 0.800 bits per heavy atom. The number of H-pyrrole nitrogens is 2. The highest BCUT2D eigenvalue weighted by Gasteiger charge is 1.57. The summed E-state index contributed by atoms with van der Waals surface area (Å²) in [5.41, 5.74) is 0. The molecule has 0 unspecified atom stereocenters. The summed E-state index contributed by atoms with van der Waals surface area (Å²) in [5, 5.41) is 12.4. The Balaban J connectivity index is 0.0000001000. The van der Waals surface area contributed by atoms with Gasteiger partial charge in [0.25, 0.3) is 0 Å². The summed E-state index contributed by atoms with van der Waals surface area (Å²) >= 11 is 0. The minimum absolute atomic E-state index is 1.69. The van der Waals surface area contributed by atoms with Gasteiger partial charge in [-0.25, -0.2) is 0 Å². The number of hydrogen-bond acceptors (Lipinski definition) is 2. The first-order valence-corrected chi connectivity index (χ1v) is 2.87. The van der Waals surface area contributed by atoms with Crippen LogP contribution in [0.1, 0.15) is 0 Å². The lowest BCUT2D eigenvalue weighted by Gasteiger charge is -1.49. The molecule has 2 aromatic heterocycles. The third-order valence-electron chi connectivity index (χ3n) is 0.812. The molecule has 4 heteroatoms. The highest BCUT2D eigenvalue weighted by atomic mass is 15.1. The van der Waals surface area contributed by atoms with Gasteiger partial charge in [-0.1, -0.05) is 0 Å². The van der Waals surface area contributed by atoms with E-state index in [1.165, 1.54) is 0 Å². The van der Waals surface area contributed by atoms with Gasteiger partial charge in [-0.15, -0.1) is 0 Å². The molecule has 0 fully saturated rings. The third kappa shape index (κ3) is 2.66. The number of aromatic amines is 2. The van der Waals surface area contributed by atoms with E-state index in [0.29, 0.717) is 0 Å². The van der Waals surface area contributed by atoms with E-state index in [-0.39, 0.29) is 0 Å². The lowest BCUT2D eigenvalue weighted by atomic mass is 10.8. The summed E-state index contributed by atoms with van der Waals surface area (Å²) < 4.78 is 0. The van der Waals surface area contributed by atoms with Crippen molar-refractivity contribution in [3.8, 4) is 0 Å². The number of nitrogens with zero attached hydrogens (tertiary/aromatic N) is 2. The Morgan fingerprint density at radius 3 is 1.40 bits per heavy atom. The summed E-state index contributed by atoms with van der Waals surface area (Å²) in [5.74, 6) is 0. The average molecular weight is 136 g/mol. The van der Waals surface area contributed by atoms with Gasteiger partial charge in [0, 0.05) is 24.8 Å². The zero-order valence-electron chi connectivity index (χ0n) is 5.36. The van der Waals surface area contributed by atoms with Crippen molar-refractivity contribution in [2.75, 3.05) is 0 Å². The molecule has 0 saturated heterocycles. The Morgan fingerprint density at radius 2 is 1.30 bits per heavy atom. The molecule has 10 heavy (non-hydrogen) atoms. The maximum Gasteiger partial charge on any atom is 0.0487 e. The molecule has 0 atom stereocenters. The Bertz CT molecular complexity index is 149. The first kappa shape index (κ1) is 6.54. The summed E-state index contributed by atoms with van der Waals surface area (Å²) in [6.07, 6.45) is 6.92. The predicted molar refractivity (Wildman–Crippen MR) is 37.2 cm³/mol. The van der Waals surface area contributed by atoms with Gasteiger partial charge in [0.05, 0.1) is 0 Å². The van der Waals surface area contributed by atoms with Gasteiger partial charge in [0.2, 0.25) is 0 Å². The van der Waals surface area contributed by atoms with E-state index >= 15 is 0 Å². The molecule has 0 amide bonds. The first-order valence-electron chi connectivity index (χ1n) is 2.87. The van der Waals surface area contributed by atoms with Crippen LogP contribution in [0.2, 0.25) is 0 Å². The minimum Gasteiger partial charge on any atom is -0.286 e. The summed E-state index contributed by atoms with van der Waals surface area (Å²) in [4.78, 5) is 0. The van der Waals surface area contributed by atoms with Crippen molar-refractivity contribution in [2.24, 2.45) is 0 Å². The fraction of sp³-hybridized carbons (Fsp3) is 0. The largest absolute Gasteiger partial charge is 0.286 e. The minimum atomic E-state index is 1.69. The topological polar surface area (TPSA) is 57.4 Å². The van der Waals surface area contributed by atoms with Crippen LogP contribution in [0.5, 0.6) is 0 Å². The fourth-order valence-corrected chi connectivity index (χ4v) is 0.430. The van der Waals surface area contributed by atoms with Crippen molar-refractivity contribution in [3.63, 3.8) is 0 Å². The van der Waals surface area contributed by atoms with Crippen molar-refractivity contribution in [1.29, 1.82) is 0 Å². The highest BCUT2D eigenvalue weighted by molar-refractivity contribution is 4.72. The van der Waals surface area contributed by atoms with Crippen LogP contribution in [-0.2, 0) is 0 Å². The molecule has 0 aromatic carbocycles. The maximum atomic E-state index is 3.60. The molecule has 4 nitrogen and oxygen atoms in total. The summed E-state index contributed by atoms with van der Waals surface area (Å²) in [6.45, 7) is 0. The molecule has 2 aromatic rings. The van der Waals surface area contributed by atoms with Gasteiger partial charge in [0.15, 0.2) is 0 Å². The van der Waals surface area contributed by atoms with Gasteiger partial charge in [-0.3, -0.25) is 10.2 Å². The molecule has 0 bridgehead atoms. The lowest BCUT2D eigenvalue weighted by molar-refractivity contribution is 1.09.